The third-order valence-electron chi connectivity index (χ3n) is 3.64. The molecule has 1 aromatic carbocycles. The van der Waals surface area contributed by atoms with Crippen molar-refractivity contribution < 1.29 is 14.3 Å². The minimum atomic E-state index is -1.84. The fourth-order valence-corrected chi connectivity index (χ4v) is 2.28. The monoisotopic (exact) mass is 266 g/mol. The van der Waals surface area contributed by atoms with Gasteiger partial charge in [-0.05, 0) is 29.8 Å². The van der Waals surface area contributed by atoms with Crippen molar-refractivity contribution in [3.05, 3.63) is 35.4 Å². The Morgan fingerprint density at radius 2 is 1.83 bits per heavy atom. The maximum atomic E-state index is 11.1. The van der Waals surface area contributed by atoms with Crippen molar-refractivity contribution >= 4 is 14.3 Å². The lowest BCUT2D eigenvalue weighted by Gasteiger charge is -2.36. The zero-order chi connectivity index (χ0) is 14.0. The average Bonchev–Trinajstić information content (AvgIpc) is 2.25. The van der Waals surface area contributed by atoms with E-state index in [0.717, 1.165) is 5.56 Å². The number of carboxylic acids is 1. The SMILES string of the molecule is CC(C)(C)[Si](C)(C)OCc1ccccc1C(=O)O. The van der Waals surface area contributed by atoms with Crippen LogP contribution in [-0.4, -0.2) is 19.4 Å². The number of benzene rings is 1. The molecular weight excluding hydrogens is 244 g/mol. The minimum Gasteiger partial charge on any atom is -0.478 e. The van der Waals surface area contributed by atoms with Gasteiger partial charge >= 0.3 is 5.97 Å². The van der Waals surface area contributed by atoms with Gasteiger partial charge in [-0.15, -0.1) is 0 Å². The van der Waals surface area contributed by atoms with E-state index in [1.54, 1.807) is 12.1 Å². The van der Waals surface area contributed by atoms with E-state index in [2.05, 4.69) is 33.9 Å². The fourth-order valence-electron chi connectivity index (χ4n) is 1.33. The zero-order valence-corrected chi connectivity index (χ0v) is 12.8. The standard InChI is InChI=1S/C14H22O3Si/c1-14(2,3)18(4,5)17-10-11-8-6-7-9-12(11)13(15)16/h6-9H,10H2,1-5H3,(H,15,16). The summed E-state index contributed by atoms with van der Waals surface area (Å²) < 4.78 is 6.05. The normalized spacial score (nSPS) is 12.5. The summed E-state index contributed by atoms with van der Waals surface area (Å²) in [5.41, 5.74) is 1.08. The molecule has 0 fully saturated rings. The molecule has 0 unspecified atom stereocenters. The summed E-state index contributed by atoms with van der Waals surface area (Å²) in [6.07, 6.45) is 0. The van der Waals surface area contributed by atoms with Crippen LogP contribution in [0.25, 0.3) is 0 Å². The summed E-state index contributed by atoms with van der Waals surface area (Å²) in [7, 11) is -1.84. The van der Waals surface area contributed by atoms with Crippen LogP contribution >= 0.6 is 0 Å². The Bertz CT molecular complexity index is 433. The van der Waals surface area contributed by atoms with Gasteiger partial charge in [0.1, 0.15) is 0 Å². The lowest BCUT2D eigenvalue weighted by Crippen LogP contribution is -2.40. The average molecular weight is 266 g/mol. The van der Waals surface area contributed by atoms with Crippen molar-refractivity contribution in [1.29, 1.82) is 0 Å². The molecule has 0 aliphatic carbocycles. The molecule has 0 saturated carbocycles. The van der Waals surface area contributed by atoms with Gasteiger partial charge in [-0.3, -0.25) is 0 Å². The Hall–Kier alpha value is -1.13. The zero-order valence-electron chi connectivity index (χ0n) is 11.8. The highest BCUT2D eigenvalue weighted by Crippen LogP contribution is 2.37. The largest absolute Gasteiger partial charge is 0.478 e. The van der Waals surface area contributed by atoms with Crippen LogP contribution in [0.15, 0.2) is 24.3 Å². The van der Waals surface area contributed by atoms with Crippen molar-refractivity contribution in [3.8, 4) is 0 Å². The maximum absolute atomic E-state index is 11.1. The van der Waals surface area contributed by atoms with Gasteiger partial charge < -0.3 is 9.53 Å². The van der Waals surface area contributed by atoms with Gasteiger partial charge in [0.25, 0.3) is 0 Å². The van der Waals surface area contributed by atoms with Gasteiger partial charge in [-0.25, -0.2) is 4.79 Å². The smallest absolute Gasteiger partial charge is 0.336 e. The van der Waals surface area contributed by atoms with Gasteiger partial charge in [0.2, 0.25) is 0 Å². The molecule has 1 N–H and O–H groups in total. The van der Waals surface area contributed by atoms with Crippen LogP contribution in [-0.2, 0) is 11.0 Å². The molecule has 1 aromatic rings. The Balaban J connectivity index is 2.85. The number of carboxylic acid groups (broad SMARTS) is 1. The fraction of sp³-hybridized carbons (Fsp3) is 0.500. The first-order valence-electron chi connectivity index (χ1n) is 6.10. The Morgan fingerprint density at radius 1 is 1.28 bits per heavy atom. The Morgan fingerprint density at radius 3 is 2.33 bits per heavy atom. The van der Waals surface area contributed by atoms with E-state index in [-0.39, 0.29) is 5.04 Å². The minimum absolute atomic E-state index is 0.130. The van der Waals surface area contributed by atoms with E-state index in [9.17, 15) is 4.79 Å². The van der Waals surface area contributed by atoms with Crippen molar-refractivity contribution in [2.75, 3.05) is 0 Å². The predicted octanol–water partition coefficient (Wildman–Crippen LogP) is 3.91. The molecule has 0 saturated heterocycles. The second kappa shape index (κ2) is 5.24. The maximum Gasteiger partial charge on any atom is 0.336 e. The van der Waals surface area contributed by atoms with Gasteiger partial charge in [-0.1, -0.05) is 39.0 Å². The molecule has 0 aliphatic rings. The molecule has 0 bridgehead atoms. The second-order valence-corrected chi connectivity index (χ2v) is 10.8. The summed E-state index contributed by atoms with van der Waals surface area (Å²) in [6, 6.07) is 7.01. The van der Waals surface area contributed by atoms with Gasteiger partial charge in [0, 0.05) is 0 Å². The molecule has 18 heavy (non-hydrogen) atoms. The molecule has 3 nitrogen and oxygen atoms in total. The summed E-state index contributed by atoms with van der Waals surface area (Å²) in [6.45, 7) is 11.2. The topological polar surface area (TPSA) is 46.5 Å². The van der Waals surface area contributed by atoms with Crippen LogP contribution in [0.5, 0.6) is 0 Å². The first kappa shape index (κ1) is 14.9. The summed E-state index contributed by atoms with van der Waals surface area (Å²) in [5.74, 6) is -0.899. The van der Waals surface area contributed by atoms with E-state index in [1.807, 2.05) is 12.1 Å². The molecule has 0 radical (unpaired) electrons. The Kier molecular flexibility index (Phi) is 4.35. The van der Waals surface area contributed by atoms with E-state index in [0.29, 0.717) is 12.2 Å². The van der Waals surface area contributed by atoms with Crippen LogP contribution in [0.4, 0.5) is 0 Å². The van der Waals surface area contributed by atoms with Crippen LogP contribution in [0, 0.1) is 0 Å². The predicted molar refractivity (Wildman–Crippen MR) is 75.4 cm³/mol. The van der Waals surface area contributed by atoms with Crippen LogP contribution in [0.2, 0.25) is 18.1 Å². The first-order valence-corrected chi connectivity index (χ1v) is 9.01. The summed E-state index contributed by atoms with van der Waals surface area (Å²) >= 11 is 0. The first-order chi connectivity index (χ1) is 8.15. The number of hydrogen-bond donors (Lipinski definition) is 1. The second-order valence-electron chi connectivity index (χ2n) is 6.01. The summed E-state index contributed by atoms with van der Waals surface area (Å²) in [5, 5.41) is 9.24. The molecule has 0 heterocycles. The number of aromatic carboxylic acids is 1. The van der Waals surface area contributed by atoms with Crippen molar-refractivity contribution in [2.24, 2.45) is 0 Å². The van der Waals surface area contributed by atoms with Gasteiger partial charge in [0.05, 0.1) is 12.2 Å². The highest BCUT2D eigenvalue weighted by atomic mass is 28.4. The van der Waals surface area contributed by atoms with Crippen LogP contribution in [0.1, 0.15) is 36.7 Å². The van der Waals surface area contributed by atoms with E-state index < -0.39 is 14.3 Å². The molecule has 100 valence electrons. The molecule has 0 spiro atoms. The summed E-state index contributed by atoms with van der Waals surface area (Å²) in [4.78, 5) is 11.1. The van der Waals surface area contributed by atoms with E-state index in [1.165, 1.54) is 0 Å². The lowest BCUT2D eigenvalue weighted by molar-refractivity contribution is 0.0693. The molecular formula is C14H22O3Si. The molecule has 4 heteroatoms. The van der Waals surface area contributed by atoms with Gasteiger partial charge in [-0.2, -0.15) is 0 Å². The van der Waals surface area contributed by atoms with Crippen molar-refractivity contribution in [3.63, 3.8) is 0 Å². The molecule has 1 rings (SSSR count). The molecule has 0 aliphatic heterocycles. The van der Waals surface area contributed by atoms with Crippen molar-refractivity contribution in [2.45, 2.75) is 45.5 Å². The third kappa shape index (κ3) is 3.43. The van der Waals surface area contributed by atoms with E-state index in [4.69, 9.17) is 9.53 Å². The van der Waals surface area contributed by atoms with Crippen LogP contribution < -0.4 is 0 Å². The van der Waals surface area contributed by atoms with E-state index >= 15 is 0 Å². The number of hydrogen-bond acceptors (Lipinski definition) is 2. The quantitative estimate of drug-likeness (QED) is 0.841. The molecule has 0 aromatic heterocycles. The highest BCUT2D eigenvalue weighted by Gasteiger charge is 2.37. The molecule has 0 amide bonds. The number of carbonyl (C=O) groups is 1. The van der Waals surface area contributed by atoms with Gasteiger partial charge in [0.15, 0.2) is 8.32 Å². The number of rotatable bonds is 4. The highest BCUT2D eigenvalue weighted by molar-refractivity contribution is 6.74. The molecule has 0 atom stereocenters. The Labute approximate surface area is 110 Å². The lowest BCUT2D eigenvalue weighted by atomic mass is 10.1. The van der Waals surface area contributed by atoms with Crippen molar-refractivity contribution in [1.82, 2.24) is 0 Å². The van der Waals surface area contributed by atoms with Crippen LogP contribution in [0.3, 0.4) is 0 Å². The third-order valence-corrected chi connectivity index (χ3v) is 8.12.